The predicted molar refractivity (Wildman–Crippen MR) is 86.8 cm³/mol. The summed E-state index contributed by atoms with van der Waals surface area (Å²) in [6.45, 7) is 2.73. The largest absolute Gasteiger partial charge is 0.326 e. The Labute approximate surface area is 129 Å². The van der Waals surface area contributed by atoms with Gasteiger partial charge in [-0.3, -0.25) is 0 Å². The normalized spacial score (nSPS) is 18.6. The van der Waals surface area contributed by atoms with E-state index in [1.807, 2.05) is 6.92 Å². The van der Waals surface area contributed by atoms with Crippen molar-refractivity contribution in [2.75, 3.05) is 12.8 Å². The average Bonchev–Trinajstić information content (AvgIpc) is 3.04. The lowest BCUT2D eigenvalue weighted by molar-refractivity contribution is 0.551. The Kier molecular flexibility index (Phi) is 5.18. The second-order valence-corrected chi connectivity index (χ2v) is 9.61. The second-order valence-electron chi connectivity index (χ2n) is 5.26. The molecule has 3 N–H and O–H groups in total. The van der Waals surface area contributed by atoms with Crippen LogP contribution in [0.2, 0.25) is 0 Å². The van der Waals surface area contributed by atoms with Crippen molar-refractivity contribution < 1.29 is 8.42 Å². The molecule has 0 bridgehead atoms. The summed E-state index contributed by atoms with van der Waals surface area (Å²) in [6, 6.07) is 1.70. The van der Waals surface area contributed by atoms with Gasteiger partial charge in [-0.1, -0.05) is 12.8 Å². The number of nitrogens with one attached hydrogen (secondary N) is 1. The van der Waals surface area contributed by atoms with Crippen molar-refractivity contribution in [2.45, 2.75) is 48.8 Å². The van der Waals surface area contributed by atoms with Gasteiger partial charge in [0.05, 0.1) is 4.90 Å². The number of hydrogen-bond acceptors (Lipinski definition) is 5. The van der Waals surface area contributed by atoms with Crippen LogP contribution in [0.15, 0.2) is 11.0 Å². The zero-order chi connectivity index (χ0) is 14.8. The molecule has 0 saturated heterocycles. The third-order valence-corrected chi connectivity index (χ3v) is 8.09. The van der Waals surface area contributed by atoms with E-state index in [1.165, 1.54) is 24.2 Å². The highest BCUT2D eigenvalue weighted by atomic mass is 32.2. The van der Waals surface area contributed by atoms with E-state index in [1.54, 1.807) is 17.8 Å². The minimum absolute atomic E-state index is 0.0771. The standard InChI is InChI=1S/C13H22N2O2S3/c1-10-12(7-11(8-14)19-10)20(16,17)15-9-13(18-2)5-3-4-6-13/h7,15H,3-6,8-9,14H2,1-2H3. The molecule has 1 aromatic rings. The smallest absolute Gasteiger partial charge is 0.241 e. The van der Waals surface area contributed by atoms with E-state index in [9.17, 15) is 8.42 Å². The molecule has 0 spiro atoms. The molecule has 1 saturated carbocycles. The van der Waals surface area contributed by atoms with Crippen LogP contribution >= 0.6 is 23.1 Å². The molecule has 0 aromatic carbocycles. The Hall–Kier alpha value is -0.0800. The molecule has 1 fully saturated rings. The summed E-state index contributed by atoms with van der Waals surface area (Å²) >= 11 is 3.24. The van der Waals surface area contributed by atoms with Crippen molar-refractivity contribution in [2.24, 2.45) is 5.73 Å². The maximum Gasteiger partial charge on any atom is 0.241 e. The van der Waals surface area contributed by atoms with Crippen molar-refractivity contribution >= 4 is 33.1 Å². The number of thiophene rings is 1. The van der Waals surface area contributed by atoms with E-state index in [-0.39, 0.29) is 4.75 Å². The summed E-state index contributed by atoms with van der Waals surface area (Å²) in [7, 11) is -3.42. The quantitative estimate of drug-likeness (QED) is 0.838. The monoisotopic (exact) mass is 334 g/mol. The summed E-state index contributed by atoms with van der Waals surface area (Å²) in [6.07, 6.45) is 6.64. The van der Waals surface area contributed by atoms with Crippen LogP contribution in [0.3, 0.4) is 0 Å². The molecular formula is C13H22N2O2S3. The summed E-state index contributed by atoms with van der Waals surface area (Å²) < 4.78 is 27.8. The lowest BCUT2D eigenvalue weighted by Crippen LogP contribution is -2.38. The van der Waals surface area contributed by atoms with Gasteiger partial charge in [-0.05, 0) is 32.1 Å². The summed E-state index contributed by atoms with van der Waals surface area (Å²) in [5.41, 5.74) is 5.58. The lowest BCUT2D eigenvalue weighted by atomic mass is 10.1. The van der Waals surface area contributed by atoms with E-state index >= 15 is 0 Å². The highest BCUT2D eigenvalue weighted by molar-refractivity contribution is 8.00. The highest BCUT2D eigenvalue weighted by Gasteiger charge is 2.34. The number of rotatable bonds is 6. The van der Waals surface area contributed by atoms with Crippen LogP contribution < -0.4 is 10.5 Å². The zero-order valence-electron chi connectivity index (χ0n) is 11.9. The minimum Gasteiger partial charge on any atom is -0.326 e. The van der Waals surface area contributed by atoms with Crippen LogP contribution in [0, 0.1) is 6.92 Å². The van der Waals surface area contributed by atoms with Gasteiger partial charge >= 0.3 is 0 Å². The van der Waals surface area contributed by atoms with E-state index in [2.05, 4.69) is 11.0 Å². The molecule has 1 aromatic heterocycles. The summed E-state index contributed by atoms with van der Waals surface area (Å²) in [5.74, 6) is 0. The first-order valence-corrected chi connectivity index (χ1v) is 10.3. The van der Waals surface area contributed by atoms with E-state index in [0.29, 0.717) is 18.0 Å². The fraction of sp³-hybridized carbons (Fsp3) is 0.692. The molecule has 1 aliphatic carbocycles. The SMILES string of the molecule is CSC1(CNS(=O)(=O)c2cc(CN)sc2C)CCCC1. The van der Waals surface area contributed by atoms with Gasteiger partial charge in [0.25, 0.3) is 0 Å². The van der Waals surface area contributed by atoms with Crippen LogP contribution in [0.5, 0.6) is 0 Å². The molecule has 1 aliphatic rings. The number of hydrogen-bond donors (Lipinski definition) is 2. The fourth-order valence-corrected chi connectivity index (χ4v) is 6.31. The lowest BCUT2D eigenvalue weighted by Gasteiger charge is -2.26. The van der Waals surface area contributed by atoms with Crippen LogP contribution in [-0.4, -0.2) is 26.0 Å². The Morgan fingerprint density at radius 1 is 1.45 bits per heavy atom. The molecule has 0 aliphatic heterocycles. The molecule has 2 rings (SSSR count). The van der Waals surface area contributed by atoms with Gasteiger partial charge in [0.15, 0.2) is 0 Å². The number of aryl methyl sites for hydroxylation is 1. The number of sulfonamides is 1. The third kappa shape index (κ3) is 3.39. The van der Waals surface area contributed by atoms with Gasteiger partial charge in [0.1, 0.15) is 0 Å². The first-order valence-electron chi connectivity index (χ1n) is 6.77. The van der Waals surface area contributed by atoms with Crippen LogP contribution in [0.25, 0.3) is 0 Å². The first kappa shape index (κ1) is 16.3. The van der Waals surface area contributed by atoms with Gasteiger partial charge in [-0.2, -0.15) is 11.8 Å². The molecule has 7 heteroatoms. The van der Waals surface area contributed by atoms with Gasteiger partial charge in [-0.25, -0.2) is 13.1 Å². The molecule has 0 amide bonds. The Bertz CT molecular complexity index is 560. The Morgan fingerprint density at radius 2 is 2.10 bits per heavy atom. The molecule has 0 atom stereocenters. The van der Waals surface area contributed by atoms with Crippen molar-refractivity contribution in [3.63, 3.8) is 0 Å². The second kappa shape index (κ2) is 6.36. The van der Waals surface area contributed by atoms with Gasteiger partial charge < -0.3 is 5.73 Å². The van der Waals surface area contributed by atoms with Crippen molar-refractivity contribution in [3.8, 4) is 0 Å². The summed E-state index contributed by atoms with van der Waals surface area (Å²) in [4.78, 5) is 2.10. The minimum atomic E-state index is -3.42. The van der Waals surface area contributed by atoms with Crippen LogP contribution in [0.1, 0.15) is 35.4 Å². The van der Waals surface area contributed by atoms with Crippen LogP contribution in [-0.2, 0) is 16.6 Å². The fourth-order valence-electron chi connectivity index (χ4n) is 2.67. The molecule has 1 heterocycles. The topological polar surface area (TPSA) is 72.2 Å². The number of thioether (sulfide) groups is 1. The molecular weight excluding hydrogens is 312 g/mol. The van der Waals surface area contributed by atoms with Gasteiger partial charge in [0, 0.05) is 27.6 Å². The molecule has 4 nitrogen and oxygen atoms in total. The van der Waals surface area contributed by atoms with Crippen LogP contribution in [0.4, 0.5) is 0 Å². The van der Waals surface area contributed by atoms with E-state index in [4.69, 9.17) is 5.73 Å². The van der Waals surface area contributed by atoms with Crippen molar-refractivity contribution in [1.29, 1.82) is 0 Å². The highest BCUT2D eigenvalue weighted by Crippen LogP contribution is 2.40. The van der Waals surface area contributed by atoms with Gasteiger partial charge in [0.2, 0.25) is 10.0 Å². The maximum absolute atomic E-state index is 12.4. The van der Waals surface area contributed by atoms with Gasteiger partial charge in [-0.15, -0.1) is 11.3 Å². The predicted octanol–water partition coefficient (Wildman–Crippen LogP) is 2.47. The maximum atomic E-state index is 12.4. The zero-order valence-corrected chi connectivity index (χ0v) is 14.4. The average molecular weight is 335 g/mol. The summed E-state index contributed by atoms with van der Waals surface area (Å²) in [5, 5.41) is 0. The Balaban J connectivity index is 2.12. The van der Waals surface area contributed by atoms with Crippen molar-refractivity contribution in [3.05, 3.63) is 15.8 Å². The molecule has 0 radical (unpaired) electrons. The molecule has 0 unspecified atom stereocenters. The molecule has 20 heavy (non-hydrogen) atoms. The third-order valence-electron chi connectivity index (χ3n) is 3.95. The first-order chi connectivity index (χ1) is 9.42. The molecule has 114 valence electrons. The van der Waals surface area contributed by atoms with E-state index < -0.39 is 10.0 Å². The van der Waals surface area contributed by atoms with Crippen molar-refractivity contribution in [1.82, 2.24) is 4.72 Å². The Morgan fingerprint density at radius 3 is 2.60 bits per heavy atom. The number of nitrogens with two attached hydrogens (primary N) is 1. The van der Waals surface area contributed by atoms with E-state index in [0.717, 1.165) is 22.6 Å².